The van der Waals surface area contributed by atoms with Crippen molar-refractivity contribution in [3.63, 3.8) is 0 Å². The van der Waals surface area contributed by atoms with Crippen LogP contribution in [0.25, 0.3) is 0 Å². The Balaban J connectivity index is 1.89. The molecule has 0 saturated heterocycles. The number of nitrogens with zero attached hydrogens (tertiary/aromatic N) is 2. The lowest BCUT2D eigenvalue weighted by molar-refractivity contribution is 0.0977. The highest BCUT2D eigenvalue weighted by Gasteiger charge is 2.15. The second kappa shape index (κ2) is 10.6. The number of anilines is 1. The summed E-state index contributed by atoms with van der Waals surface area (Å²) in [6, 6.07) is 16.1. The van der Waals surface area contributed by atoms with Crippen LogP contribution >= 0.6 is 0 Å². The average molecular weight is 420 g/mol. The van der Waals surface area contributed by atoms with E-state index < -0.39 is 0 Å². The topological polar surface area (TPSA) is 94.1 Å². The van der Waals surface area contributed by atoms with E-state index in [4.69, 9.17) is 14.2 Å². The van der Waals surface area contributed by atoms with Gasteiger partial charge in [-0.15, -0.1) is 0 Å². The minimum atomic E-state index is -0.283. The van der Waals surface area contributed by atoms with E-state index in [-0.39, 0.29) is 11.9 Å². The molecule has 1 aromatic heterocycles. The normalized spacial score (nSPS) is 10.9. The third kappa shape index (κ3) is 5.72. The molecule has 0 spiro atoms. The molecule has 8 nitrogen and oxygen atoms in total. The highest BCUT2D eigenvalue weighted by atomic mass is 16.5. The largest absolute Gasteiger partial charge is 0.493 e. The van der Waals surface area contributed by atoms with Crippen molar-refractivity contribution in [2.24, 2.45) is 4.99 Å². The van der Waals surface area contributed by atoms with Crippen molar-refractivity contribution in [2.45, 2.75) is 6.54 Å². The maximum absolute atomic E-state index is 12.7. The number of aromatic nitrogens is 1. The summed E-state index contributed by atoms with van der Waals surface area (Å²) in [5.74, 6) is 1.42. The summed E-state index contributed by atoms with van der Waals surface area (Å²) in [6.07, 6.45) is 3.39. The number of hydrogen-bond donors (Lipinski definition) is 2. The van der Waals surface area contributed by atoms with Gasteiger partial charge in [0.25, 0.3) is 5.91 Å². The van der Waals surface area contributed by atoms with E-state index in [0.29, 0.717) is 35.0 Å². The zero-order valence-electron chi connectivity index (χ0n) is 17.6. The smallest absolute Gasteiger partial charge is 0.257 e. The molecule has 0 saturated carbocycles. The van der Waals surface area contributed by atoms with Crippen LogP contribution in [0.15, 0.2) is 72.0 Å². The van der Waals surface area contributed by atoms with Crippen LogP contribution in [0.3, 0.4) is 0 Å². The molecular formula is C23H24N4O4. The molecule has 8 heteroatoms. The number of amides is 1. The lowest BCUT2D eigenvalue weighted by Crippen LogP contribution is -2.36. The van der Waals surface area contributed by atoms with Crippen molar-refractivity contribution >= 4 is 17.6 Å². The Bertz CT molecular complexity index is 1010. The fourth-order valence-corrected chi connectivity index (χ4v) is 2.83. The van der Waals surface area contributed by atoms with Gasteiger partial charge in [0, 0.05) is 35.8 Å². The zero-order chi connectivity index (χ0) is 22.1. The molecule has 0 fully saturated rings. The first kappa shape index (κ1) is 21.6. The van der Waals surface area contributed by atoms with Gasteiger partial charge in [0.2, 0.25) is 11.7 Å². The summed E-state index contributed by atoms with van der Waals surface area (Å²) < 4.78 is 16.2. The molecule has 160 valence electrons. The molecule has 1 amide bonds. The highest BCUT2D eigenvalue weighted by molar-refractivity contribution is 6.10. The van der Waals surface area contributed by atoms with Crippen LogP contribution in [0.2, 0.25) is 0 Å². The van der Waals surface area contributed by atoms with Crippen LogP contribution in [0, 0.1) is 0 Å². The number of guanidine groups is 1. The summed E-state index contributed by atoms with van der Waals surface area (Å²) in [6.45, 7) is 0.352. The average Bonchev–Trinajstić information content (AvgIpc) is 2.83. The fourth-order valence-electron chi connectivity index (χ4n) is 2.83. The van der Waals surface area contributed by atoms with Crippen molar-refractivity contribution in [1.29, 1.82) is 0 Å². The molecule has 0 aliphatic carbocycles. The van der Waals surface area contributed by atoms with Gasteiger partial charge in [-0.1, -0.05) is 18.2 Å². The first-order chi connectivity index (χ1) is 15.1. The second-order valence-corrected chi connectivity index (χ2v) is 6.38. The molecule has 2 N–H and O–H groups in total. The molecule has 31 heavy (non-hydrogen) atoms. The highest BCUT2D eigenvalue weighted by Crippen LogP contribution is 2.39. The van der Waals surface area contributed by atoms with Gasteiger partial charge >= 0.3 is 0 Å². The minimum absolute atomic E-state index is 0.278. The molecule has 0 aliphatic heterocycles. The molecule has 0 aliphatic rings. The quantitative estimate of drug-likeness (QED) is 0.449. The Morgan fingerprint density at radius 2 is 1.58 bits per heavy atom. The Kier molecular flexibility index (Phi) is 7.42. The van der Waals surface area contributed by atoms with Gasteiger partial charge in [0.05, 0.1) is 27.9 Å². The molecule has 3 rings (SSSR count). The van der Waals surface area contributed by atoms with Crippen LogP contribution in [-0.2, 0) is 6.54 Å². The van der Waals surface area contributed by atoms with Crippen LogP contribution in [0.5, 0.6) is 17.2 Å². The van der Waals surface area contributed by atoms with Crippen molar-refractivity contribution in [3.05, 3.63) is 78.1 Å². The summed E-state index contributed by atoms with van der Waals surface area (Å²) in [5, 5.41) is 5.96. The van der Waals surface area contributed by atoms with Gasteiger partial charge in [-0.25, -0.2) is 4.99 Å². The Hall–Kier alpha value is -4.07. The number of pyridine rings is 1. The Morgan fingerprint density at radius 1 is 0.935 bits per heavy atom. The summed E-state index contributed by atoms with van der Waals surface area (Å²) in [7, 11) is 4.61. The summed E-state index contributed by atoms with van der Waals surface area (Å²) in [5.41, 5.74) is 2.08. The molecule has 3 aromatic rings. The lowest BCUT2D eigenvalue weighted by Gasteiger charge is -2.16. The van der Waals surface area contributed by atoms with Gasteiger partial charge in [0.1, 0.15) is 0 Å². The number of nitrogens with one attached hydrogen (secondary N) is 2. The monoisotopic (exact) mass is 420 g/mol. The molecule has 0 unspecified atom stereocenters. The SMILES string of the molecule is COc1cc(NC(=NCc2ccncc2)NC(=O)c2ccccc2)cc(OC)c1OC. The van der Waals surface area contributed by atoms with Crippen LogP contribution < -0.4 is 24.8 Å². The van der Waals surface area contributed by atoms with E-state index in [2.05, 4.69) is 20.6 Å². The number of aliphatic imine (C=N–C) groups is 1. The number of rotatable bonds is 7. The molecule has 0 atom stereocenters. The Morgan fingerprint density at radius 3 is 2.16 bits per heavy atom. The number of carbonyl (C=O) groups is 1. The number of hydrogen-bond acceptors (Lipinski definition) is 6. The number of methoxy groups -OCH3 is 3. The lowest BCUT2D eigenvalue weighted by atomic mass is 10.2. The number of benzene rings is 2. The maximum atomic E-state index is 12.7. The van der Waals surface area contributed by atoms with Crippen LogP contribution in [0.1, 0.15) is 15.9 Å². The van der Waals surface area contributed by atoms with E-state index in [1.807, 2.05) is 18.2 Å². The molecule has 2 aromatic carbocycles. The van der Waals surface area contributed by atoms with Gasteiger partial charge in [-0.3, -0.25) is 15.1 Å². The van der Waals surface area contributed by atoms with E-state index in [0.717, 1.165) is 5.56 Å². The molecule has 1 heterocycles. The fraction of sp³-hybridized carbons (Fsp3) is 0.174. The number of carbonyl (C=O) groups excluding carboxylic acids is 1. The zero-order valence-corrected chi connectivity index (χ0v) is 17.6. The van der Waals surface area contributed by atoms with Crippen LogP contribution in [0.4, 0.5) is 5.69 Å². The standard InChI is InChI=1S/C23H24N4O4/c1-29-19-13-18(14-20(30-2)21(19)31-3)26-23(25-15-16-9-11-24-12-10-16)27-22(28)17-7-5-4-6-8-17/h4-14H,15H2,1-3H3,(H2,25,26,27,28). The minimum Gasteiger partial charge on any atom is -0.493 e. The third-order valence-corrected chi connectivity index (χ3v) is 4.36. The third-order valence-electron chi connectivity index (χ3n) is 4.36. The van der Waals surface area contributed by atoms with E-state index in [1.165, 1.54) is 21.3 Å². The van der Waals surface area contributed by atoms with Crippen molar-refractivity contribution in [2.75, 3.05) is 26.6 Å². The Labute approximate surface area is 180 Å². The van der Waals surface area contributed by atoms with E-state index >= 15 is 0 Å². The summed E-state index contributed by atoms with van der Waals surface area (Å²) in [4.78, 5) is 21.2. The van der Waals surface area contributed by atoms with E-state index in [9.17, 15) is 4.79 Å². The van der Waals surface area contributed by atoms with Crippen molar-refractivity contribution < 1.29 is 19.0 Å². The first-order valence-electron chi connectivity index (χ1n) is 9.51. The number of ether oxygens (including phenoxy) is 3. The molecule has 0 bridgehead atoms. The summed E-state index contributed by atoms with van der Waals surface area (Å²) >= 11 is 0. The van der Waals surface area contributed by atoms with E-state index in [1.54, 1.807) is 48.8 Å². The molecular weight excluding hydrogens is 396 g/mol. The predicted molar refractivity (Wildman–Crippen MR) is 119 cm³/mol. The van der Waals surface area contributed by atoms with Crippen molar-refractivity contribution in [3.8, 4) is 17.2 Å². The van der Waals surface area contributed by atoms with Gasteiger partial charge in [-0.2, -0.15) is 0 Å². The second-order valence-electron chi connectivity index (χ2n) is 6.38. The van der Waals surface area contributed by atoms with Gasteiger partial charge in [0.15, 0.2) is 11.5 Å². The van der Waals surface area contributed by atoms with Crippen molar-refractivity contribution in [1.82, 2.24) is 10.3 Å². The molecule has 0 radical (unpaired) electrons. The van der Waals surface area contributed by atoms with Crippen LogP contribution in [-0.4, -0.2) is 38.2 Å². The first-order valence-corrected chi connectivity index (χ1v) is 9.51. The predicted octanol–water partition coefficient (Wildman–Crippen LogP) is 3.51. The maximum Gasteiger partial charge on any atom is 0.257 e. The van der Waals surface area contributed by atoms with Gasteiger partial charge < -0.3 is 19.5 Å². The van der Waals surface area contributed by atoms with Gasteiger partial charge in [-0.05, 0) is 29.8 Å².